The van der Waals surface area contributed by atoms with Crippen LogP contribution < -0.4 is 10.2 Å². The number of halogens is 4. The van der Waals surface area contributed by atoms with Crippen LogP contribution in [0, 0.1) is 0 Å². The normalized spacial score (nSPS) is 23.7. The summed E-state index contributed by atoms with van der Waals surface area (Å²) in [6, 6.07) is 11.3. The van der Waals surface area contributed by atoms with E-state index >= 15 is 0 Å². The minimum atomic E-state index is -4.46. The second kappa shape index (κ2) is 8.27. The average Bonchev–Trinajstić information content (AvgIpc) is 3.50. The predicted octanol–water partition coefficient (Wildman–Crippen LogP) is 5.36. The summed E-state index contributed by atoms with van der Waals surface area (Å²) in [4.78, 5) is 17.8. The van der Waals surface area contributed by atoms with Crippen molar-refractivity contribution in [2.24, 2.45) is 0 Å². The first-order valence-electron chi connectivity index (χ1n) is 11.1. The van der Waals surface area contributed by atoms with Crippen LogP contribution in [0.2, 0.25) is 5.02 Å². The summed E-state index contributed by atoms with van der Waals surface area (Å²) in [5, 5.41) is 3.66. The van der Waals surface area contributed by atoms with E-state index < -0.39 is 17.8 Å². The lowest BCUT2D eigenvalue weighted by atomic mass is 9.98. The molecule has 8 heteroatoms. The molecule has 1 saturated carbocycles. The molecule has 0 bridgehead atoms. The van der Waals surface area contributed by atoms with E-state index in [0.717, 1.165) is 36.7 Å². The van der Waals surface area contributed by atoms with Crippen LogP contribution in [-0.4, -0.2) is 41.9 Å². The molecule has 2 fully saturated rings. The Morgan fingerprint density at radius 1 is 1.12 bits per heavy atom. The number of carbonyl (C=O) groups excluding carboxylic acids is 1. The highest BCUT2D eigenvalue weighted by Gasteiger charge is 2.42. The molecule has 3 aliphatic rings. The van der Waals surface area contributed by atoms with E-state index in [-0.39, 0.29) is 29.0 Å². The number of rotatable bonds is 5. The molecule has 0 spiro atoms. The van der Waals surface area contributed by atoms with E-state index in [0.29, 0.717) is 25.6 Å². The minimum Gasteiger partial charge on any atom is -0.372 e. The third-order valence-corrected chi connectivity index (χ3v) is 6.93. The van der Waals surface area contributed by atoms with Crippen molar-refractivity contribution in [3.05, 3.63) is 58.6 Å². The molecule has 2 heterocycles. The summed E-state index contributed by atoms with van der Waals surface area (Å²) in [6.07, 6.45) is -0.768. The largest absolute Gasteiger partial charge is 0.416 e. The Bertz CT molecular complexity index is 1020. The van der Waals surface area contributed by atoms with Gasteiger partial charge in [-0.1, -0.05) is 23.7 Å². The van der Waals surface area contributed by atoms with E-state index in [1.807, 2.05) is 23.1 Å². The van der Waals surface area contributed by atoms with Gasteiger partial charge in [0.2, 0.25) is 0 Å². The number of Topliss-reactive ketones (excluding diaryl/α,β-unsaturated/α-hetero) is 1. The van der Waals surface area contributed by atoms with E-state index in [1.165, 1.54) is 12.1 Å². The molecular formula is C24H25ClF3N3O. The SMILES string of the molecule is O=C(C1CN(C2CC2)c2ccccc2N1)[C@@H]1CCCN1Cc1cc(Cl)ccc1C(F)(F)F. The molecule has 0 aromatic heterocycles. The maximum atomic E-state index is 13.6. The van der Waals surface area contributed by atoms with Gasteiger partial charge in [-0.25, -0.2) is 0 Å². The lowest BCUT2D eigenvalue weighted by molar-refractivity contribution is -0.138. The smallest absolute Gasteiger partial charge is 0.372 e. The van der Waals surface area contributed by atoms with Crippen molar-refractivity contribution in [3.8, 4) is 0 Å². The number of fused-ring (bicyclic) bond motifs is 1. The summed E-state index contributed by atoms with van der Waals surface area (Å²) in [5.74, 6) is 0.0539. The van der Waals surface area contributed by atoms with Crippen molar-refractivity contribution in [2.45, 2.75) is 56.5 Å². The maximum Gasteiger partial charge on any atom is 0.416 e. The fraction of sp³-hybridized carbons (Fsp3) is 0.458. The van der Waals surface area contributed by atoms with Crippen molar-refractivity contribution in [3.63, 3.8) is 0 Å². The van der Waals surface area contributed by atoms with Crippen LogP contribution in [0.25, 0.3) is 0 Å². The molecule has 2 aromatic carbocycles. The number of alkyl halides is 3. The van der Waals surface area contributed by atoms with Crippen molar-refractivity contribution in [1.82, 2.24) is 4.90 Å². The number of para-hydroxylation sites is 2. The lowest BCUT2D eigenvalue weighted by Crippen LogP contribution is -2.52. The Morgan fingerprint density at radius 2 is 1.91 bits per heavy atom. The zero-order valence-electron chi connectivity index (χ0n) is 17.5. The molecular weight excluding hydrogens is 439 g/mol. The molecule has 1 saturated heterocycles. The summed E-state index contributed by atoms with van der Waals surface area (Å²) in [6.45, 7) is 1.24. The van der Waals surface area contributed by atoms with Gasteiger partial charge in [0, 0.05) is 24.2 Å². The number of anilines is 2. The number of benzene rings is 2. The average molecular weight is 464 g/mol. The van der Waals surface area contributed by atoms with E-state index in [1.54, 1.807) is 0 Å². The first-order chi connectivity index (χ1) is 15.3. The molecule has 32 heavy (non-hydrogen) atoms. The minimum absolute atomic E-state index is 0.0539. The molecule has 1 aliphatic carbocycles. The van der Waals surface area contributed by atoms with Crippen molar-refractivity contribution in [2.75, 3.05) is 23.3 Å². The summed E-state index contributed by atoms with van der Waals surface area (Å²) in [5.41, 5.74) is 1.50. The molecule has 0 amide bonds. The van der Waals surface area contributed by atoms with Crippen LogP contribution in [0.3, 0.4) is 0 Å². The van der Waals surface area contributed by atoms with E-state index in [4.69, 9.17) is 11.6 Å². The number of nitrogens with zero attached hydrogens (tertiary/aromatic N) is 2. The lowest BCUT2D eigenvalue weighted by Gasteiger charge is -2.38. The van der Waals surface area contributed by atoms with Gasteiger partial charge < -0.3 is 10.2 Å². The van der Waals surface area contributed by atoms with Crippen LogP contribution in [0.5, 0.6) is 0 Å². The molecule has 4 nitrogen and oxygen atoms in total. The molecule has 170 valence electrons. The fourth-order valence-electron chi connectivity index (χ4n) is 5.03. The summed E-state index contributed by atoms with van der Waals surface area (Å²) in [7, 11) is 0. The van der Waals surface area contributed by atoms with Gasteiger partial charge in [-0.15, -0.1) is 0 Å². The van der Waals surface area contributed by atoms with Gasteiger partial charge in [0.15, 0.2) is 5.78 Å². The number of hydrogen-bond acceptors (Lipinski definition) is 4. The van der Waals surface area contributed by atoms with Crippen LogP contribution in [0.1, 0.15) is 36.8 Å². The zero-order valence-corrected chi connectivity index (χ0v) is 18.3. The Balaban J connectivity index is 1.37. The summed E-state index contributed by atoms with van der Waals surface area (Å²) >= 11 is 6.00. The first-order valence-corrected chi connectivity index (χ1v) is 11.4. The molecule has 5 rings (SSSR count). The Morgan fingerprint density at radius 3 is 2.66 bits per heavy atom. The zero-order chi connectivity index (χ0) is 22.5. The first kappa shape index (κ1) is 21.6. The quantitative estimate of drug-likeness (QED) is 0.648. The van der Waals surface area contributed by atoms with E-state index in [9.17, 15) is 18.0 Å². The third kappa shape index (κ3) is 4.20. The highest BCUT2D eigenvalue weighted by Crippen LogP contribution is 2.40. The standard InChI is InChI=1S/C24H25ClF3N3O/c25-16-7-10-18(24(26,27)28)15(12-16)13-30-11-3-6-22(30)23(32)20-14-31(17-8-9-17)21-5-2-1-4-19(21)29-20/h1-2,4-5,7,10,12,17,20,22,29H,3,6,8-9,11,13-14H2/t20?,22-/m0/s1. The van der Waals surface area contributed by atoms with Gasteiger partial charge in [-0.2, -0.15) is 13.2 Å². The Hall–Kier alpha value is -2.25. The van der Waals surface area contributed by atoms with Gasteiger partial charge in [0.05, 0.1) is 23.0 Å². The van der Waals surface area contributed by atoms with Crippen LogP contribution in [-0.2, 0) is 17.5 Å². The third-order valence-electron chi connectivity index (χ3n) is 6.69. The van der Waals surface area contributed by atoms with Crippen LogP contribution in [0.15, 0.2) is 42.5 Å². The topological polar surface area (TPSA) is 35.6 Å². The van der Waals surface area contributed by atoms with Gasteiger partial charge in [-0.3, -0.25) is 9.69 Å². The van der Waals surface area contributed by atoms with Crippen LogP contribution in [0.4, 0.5) is 24.5 Å². The van der Waals surface area contributed by atoms with E-state index in [2.05, 4.69) is 16.3 Å². The Kier molecular flexibility index (Phi) is 5.58. The summed E-state index contributed by atoms with van der Waals surface area (Å²) < 4.78 is 40.6. The number of nitrogens with one attached hydrogen (secondary N) is 1. The maximum absolute atomic E-state index is 13.6. The molecule has 1 N–H and O–H groups in total. The molecule has 2 aromatic rings. The Labute approximate surface area is 190 Å². The number of ketones is 1. The number of likely N-dealkylation sites (tertiary alicyclic amines) is 1. The monoisotopic (exact) mass is 463 g/mol. The molecule has 1 unspecified atom stereocenters. The molecule has 2 atom stereocenters. The second-order valence-electron chi connectivity index (χ2n) is 8.93. The highest BCUT2D eigenvalue weighted by atomic mass is 35.5. The van der Waals surface area contributed by atoms with Gasteiger partial charge in [0.25, 0.3) is 0 Å². The van der Waals surface area contributed by atoms with Crippen molar-refractivity contribution in [1.29, 1.82) is 0 Å². The molecule has 2 aliphatic heterocycles. The van der Waals surface area contributed by atoms with Gasteiger partial charge in [0.1, 0.15) is 6.04 Å². The number of carbonyl (C=O) groups is 1. The van der Waals surface area contributed by atoms with Gasteiger partial charge >= 0.3 is 6.18 Å². The van der Waals surface area contributed by atoms with Crippen molar-refractivity contribution >= 4 is 28.8 Å². The second-order valence-corrected chi connectivity index (χ2v) is 9.36. The van der Waals surface area contributed by atoms with Gasteiger partial charge in [-0.05, 0) is 68.1 Å². The van der Waals surface area contributed by atoms with Crippen molar-refractivity contribution < 1.29 is 18.0 Å². The van der Waals surface area contributed by atoms with Crippen LogP contribution >= 0.6 is 11.6 Å². The highest BCUT2D eigenvalue weighted by molar-refractivity contribution is 6.30. The number of hydrogen-bond donors (Lipinski definition) is 1. The fourth-order valence-corrected chi connectivity index (χ4v) is 5.22. The molecule has 0 radical (unpaired) electrons. The predicted molar refractivity (Wildman–Crippen MR) is 119 cm³/mol.